The van der Waals surface area contributed by atoms with Crippen molar-refractivity contribution < 1.29 is 53.4 Å². The van der Waals surface area contributed by atoms with Gasteiger partial charge >= 0.3 is 5.97 Å². The minimum absolute atomic E-state index is 0.0215. The molecule has 18 nitrogen and oxygen atoms in total. The highest BCUT2D eigenvalue weighted by Crippen LogP contribution is 2.28. The lowest BCUT2D eigenvalue weighted by Gasteiger charge is -2.41. The number of nitrogens with zero attached hydrogens (tertiary/aromatic N) is 4. The zero-order valence-electron chi connectivity index (χ0n) is 34.2. The molecule has 2 rings (SSSR count). The third-order valence-electron chi connectivity index (χ3n) is 10.00. The number of carbonyl (C=O) groups is 4. The molecule has 5 unspecified atom stereocenters. The van der Waals surface area contributed by atoms with Gasteiger partial charge in [-0.05, 0) is 32.2 Å². The van der Waals surface area contributed by atoms with Crippen LogP contribution in [0.1, 0.15) is 59.8 Å². The van der Waals surface area contributed by atoms with Crippen LogP contribution in [0, 0.1) is 13.0 Å². The van der Waals surface area contributed by atoms with Gasteiger partial charge in [0, 0.05) is 98.0 Å². The molecule has 0 aromatic carbocycles. The van der Waals surface area contributed by atoms with Crippen molar-refractivity contribution in [1.82, 2.24) is 35.6 Å². The summed E-state index contributed by atoms with van der Waals surface area (Å²) in [7, 11) is 6.16. The van der Waals surface area contributed by atoms with Crippen molar-refractivity contribution in [3.63, 3.8) is 0 Å². The molecule has 2 aliphatic heterocycles. The number of aliphatic hydroxyl groups is 2. The lowest BCUT2D eigenvalue weighted by atomic mass is 9.90. The van der Waals surface area contributed by atoms with E-state index < -0.39 is 54.3 Å². The predicted octanol–water partition coefficient (Wildman–Crippen LogP) is -1.18. The summed E-state index contributed by atoms with van der Waals surface area (Å²) in [6.45, 7) is 15.2. The van der Waals surface area contributed by atoms with Gasteiger partial charge < -0.3 is 55.1 Å². The lowest BCUT2D eigenvalue weighted by molar-refractivity contribution is -0.282. The summed E-state index contributed by atoms with van der Waals surface area (Å²) >= 11 is 0. The second-order valence-electron chi connectivity index (χ2n) is 14.5. The Morgan fingerprint density at radius 2 is 1.41 bits per heavy atom. The van der Waals surface area contributed by atoms with E-state index in [2.05, 4.69) is 27.8 Å². The standard InChI is InChI=1S/C38H71N7O11/c1-6-22-53-25-26-54-23-9-12-40-37(52)30(10-11-32(46)39-13-24-55-38-36(51)29(4)35(50)31(7-2)56-38)41-33(47)27-44-19-18-43(8-3)16-14-42(5)15-17-45(21-20-44)28-34(48)49/h5,29-31,35-36,38,50-51H,6-28H2,1-4H3,(H,39,46)(H,40,52)(H,41,47)(H,48,49)/t29?,30-,31?,35?,36?,38?/m1/s1. The molecule has 56 heavy (non-hydrogen) atoms. The van der Waals surface area contributed by atoms with Crippen molar-refractivity contribution in [2.75, 3.05) is 118 Å². The Morgan fingerprint density at radius 3 is 2.05 bits per heavy atom. The Labute approximate surface area is 333 Å². The summed E-state index contributed by atoms with van der Waals surface area (Å²) in [5.41, 5.74) is 0. The molecule has 2 aliphatic rings. The average molecular weight is 802 g/mol. The van der Waals surface area contributed by atoms with Gasteiger partial charge in [-0.3, -0.25) is 33.9 Å². The van der Waals surface area contributed by atoms with Crippen LogP contribution in [0.25, 0.3) is 0 Å². The highest BCUT2D eigenvalue weighted by molar-refractivity contribution is 5.89. The van der Waals surface area contributed by atoms with Crippen LogP contribution in [0.2, 0.25) is 0 Å². The Morgan fingerprint density at radius 1 is 0.786 bits per heavy atom. The zero-order chi connectivity index (χ0) is 41.3. The molecule has 0 saturated carbocycles. The number of likely N-dealkylation sites (N-methyl/N-ethyl adjacent to an activating group) is 1. The Kier molecular flexibility index (Phi) is 25.5. The number of rotatable bonds is 24. The number of carbonyl (C=O) groups excluding carboxylic acids is 3. The van der Waals surface area contributed by atoms with Crippen LogP contribution in [-0.4, -0.2) is 207 Å². The van der Waals surface area contributed by atoms with E-state index in [0.29, 0.717) is 91.6 Å². The first-order valence-electron chi connectivity index (χ1n) is 20.4. The van der Waals surface area contributed by atoms with E-state index in [1.165, 1.54) is 0 Å². The molecule has 0 aliphatic carbocycles. The Bertz CT molecular complexity index is 1120. The van der Waals surface area contributed by atoms with Gasteiger partial charge in [-0.25, -0.2) is 0 Å². The molecule has 2 heterocycles. The first kappa shape index (κ1) is 49.6. The zero-order valence-corrected chi connectivity index (χ0v) is 34.2. The van der Waals surface area contributed by atoms with Crippen molar-refractivity contribution >= 4 is 23.7 Å². The Balaban J connectivity index is 1.99. The van der Waals surface area contributed by atoms with E-state index >= 15 is 0 Å². The summed E-state index contributed by atoms with van der Waals surface area (Å²) in [6.07, 6.45) is -1.21. The molecule has 0 spiro atoms. The van der Waals surface area contributed by atoms with Crippen molar-refractivity contribution in [3.05, 3.63) is 7.05 Å². The number of carboxylic acids is 1. The van der Waals surface area contributed by atoms with Crippen LogP contribution in [-0.2, 0) is 38.1 Å². The molecule has 6 N–H and O–H groups in total. The van der Waals surface area contributed by atoms with Crippen LogP contribution in [0.5, 0.6) is 0 Å². The fourth-order valence-electron chi connectivity index (χ4n) is 6.39. The molecular formula is C38H71N7O11. The van der Waals surface area contributed by atoms with Crippen molar-refractivity contribution in [3.8, 4) is 0 Å². The minimum atomic E-state index is -1.02. The van der Waals surface area contributed by atoms with Gasteiger partial charge in [0.05, 0.1) is 45.1 Å². The molecule has 2 saturated heterocycles. The molecule has 0 aromatic heterocycles. The van der Waals surface area contributed by atoms with E-state index in [1.54, 1.807) is 16.7 Å². The van der Waals surface area contributed by atoms with Crippen molar-refractivity contribution in [1.29, 1.82) is 0 Å². The second kappa shape index (κ2) is 28.8. The fraction of sp³-hybridized carbons (Fsp3) is 0.868. The maximum Gasteiger partial charge on any atom is 0.317 e. The van der Waals surface area contributed by atoms with Crippen LogP contribution < -0.4 is 16.0 Å². The normalized spacial score (nSPS) is 24.4. The average Bonchev–Trinajstić information content (AvgIpc) is 3.17. The van der Waals surface area contributed by atoms with Gasteiger partial charge in [0.2, 0.25) is 17.7 Å². The highest BCUT2D eigenvalue weighted by Gasteiger charge is 2.41. The summed E-state index contributed by atoms with van der Waals surface area (Å²) in [5, 5.41) is 38.7. The molecule has 324 valence electrons. The number of hydrogen-bond acceptors (Lipinski definition) is 14. The maximum absolute atomic E-state index is 13.5. The van der Waals surface area contributed by atoms with Crippen LogP contribution in [0.3, 0.4) is 0 Å². The number of aliphatic carboxylic acids is 1. The SMILES string of the molecule is [CH]N1CCN(CC)CCN(CC(=O)N[C@H](CCC(=O)NCCOC2OC(CC)C(O)C(C)C2O)C(=O)NCCCOCCOCCC)CCN(CC(=O)O)CC1. The third-order valence-corrected chi connectivity index (χ3v) is 10.00. The number of carboxylic acid groups (broad SMARTS) is 1. The van der Waals surface area contributed by atoms with E-state index in [-0.39, 0.29) is 45.0 Å². The van der Waals surface area contributed by atoms with Gasteiger partial charge in [0.15, 0.2) is 6.29 Å². The smallest absolute Gasteiger partial charge is 0.317 e. The van der Waals surface area contributed by atoms with E-state index in [1.807, 2.05) is 18.7 Å². The van der Waals surface area contributed by atoms with Gasteiger partial charge in [-0.2, -0.15) is 0 Å². The van der Waals surface area contributed by atoms with Gasteiger partial charge in [0.25, 0.3) is 0 Å². The first-order valence-corrected chi connectivity index (χ1v) is 20.4. The fourth-order valence-corrected chi connectivity index (χ4v) is 6.39. The second-order valence-corrected chi connectivity index (χ2v) is 14.5. The van der Waals surface area contributed by atoms with Gasteiger partial charge in [0.1, 0.15) is 12.1 Å². The monoisotopic (exact) mass is 802 g/mol. The lowest BCUT2D eigenvalue weighted by Crippen LogP contribution is -2.54. The number of hydrogen-bond donors (Lipinski definition) is 6. The maximum atomic E-state index is 13.5. The quantitative estimate of drug-likeness (QED) is 0.0635. The molecule has 0 bridgehead atoms. The van der Waals surface area contributed by atoms with Gasteiger partial charge in [-0.15, -0.1) is 0 Å². The van der Waals surface area contributed by atoms with Crippen molar-refractivity contribution in [2.24, 2.45) is 5.92 Å². The molecule has 2 fully saturated rings. The summed E-state index contributed by atoms with van der Waals surface area (Å²) in [5.74, 6) is -2.55. The third kappa shape index (κ3) is 20.3. The number of amides is 3. The minimum Gasteiger partial charge on any atom is -0.480 e. The molecular weight excluding hydrogens is 730 g/mol. The van der Waals surface area contributed by atoms with Gasteiger partial charge in [-0.1, -0.05) is 27.7 Å². The van der Waals surface area contributed by atoms with E-state index in [4.69, 9.17) is 26.0 Å². The first-order chi connectivity index (χ1) is 26.9. The molecule has 18 heteroatoms. The molecule has 2 radical (unpaired) electrons. The number of nitrogens with one attached hydrogen (secondary N) is 3. The van der Waals surface area contributed by atoms with E-state index in [9.17, 15) is 34.5 Å². The summed E-state index contributed by atoms with van der Waals surface area (Å²) in [6, 6.07) is -0.990. The van der Waals surface area contributed by atoms with E-state index in [0.717, 1.165) is 19.5 Å². The van der Waals surface area contributed by atoms with Crippen LogP contribution in [0.4, 0.5) is 0 Å². The van der Waals surface area contributed by atoms with Crippen molar-refractivity contribution in [2.45, 2.75) is 90.4 Å². The predicted molar refractivity (Wildman–Crippen MR) is 208 cm³/mol. The van der Waals surface area contributed by atoms with Crippen LogP contribution in [0.15, 0.2) is 0 Å². The highest BCUT2D eigenvalue weighted by atomic mass is 16.7. The molecule has 3 amide bonds. The largest absolute Gasteiger partial charge is 0.480 e. The molecule has 0 aromatic rings. The topological polar surface area (TPSA) is 215 Å². The number of aliphatic hydroxyl groups excluding tert-OH is 2. The summed E-state index contributed by atoms with van der Waals surface area (Å²) < 4.78 is 22.4. The Hall–Kier alpha value is -2.52. The molecule has 6 atom stereocenters. The summed E-state index contributed by atoms with van der Waals surface area (Å²) in [4.78, 5) is 59.0. The van der Waals surface area contributed by atoms with Crippen LogP contribution >= 0.6 is 0 Å². The number of ether oxygens (including phenoxy) is 4.